The van der Waals surface area contributed by atoms with Crippen LogP contribution in [-0.2, 0) is 0 Å². The molecule has 0 bridgehead atoms. The lowest BCUT2D eigenvalue weighted by molar-refractivity contribution is 0.102. The molecule has 0 aliphatic carbocycles. The molecule has 6 nitrogen and oxygen atoms in total. The number of nitrogens with zero attached hydrogens (tertiary/aromatic N) is 3. The summed E-state index contributed by atoms with van der Waals surface area (Å²) in [6, 6.07) is 11.9. The third-order valence-electron chi connectivity index (χ3n) is 6.14. The van der Waals surface area contributed by atoms with Crippen molar-refractivity contribution < 1.29 is 4.79 Å². The van der Waals surface area contributed by atoms with Gasteiger partial charge in [-0.1, -0.05) is 46.7 Å². The molecule has 2 aromatic rings. The van der Waals surface area contributed by atoms with Gasteiger partial charge in [-0.25, -0.2) is 4.98 Å². The van der Waals surface area contributed by atoms with E-state index in [1.807, 2.05) is 36.5 Å². The molecule has 7 heteroatoms. The Labute approximate surface area is 204 Å². The number of aliphatic imine (C=N–C) groups is 1. The lowest BCUT2D eigenvalue weighted by Gasteiger charge is -2.25. The van der Waals surface area contributed by atoms with Crippen LogP contribution in [-0.4, -0.2) is 36.0 Å². The fraction of sp³-hybridized carbons (Fsp3) is 0.370. The summed E-state index contributed by atoms with van der Waals surface area (Å²) in [5.74, 6) is 0.958. The van der Waals surface area contributed by atoms with Gasteiger partial charge >= 0.3 is 0 Å². The van der Waals surface area contributed by atoms with E-state index in [-0.39, 0.29) is 17.7 Å². The highest BCUT2D eigenvalue weighted by Crippen LogP contribution is 2.37. The molecule has 3 heterocycles. The summed E-state index contributed by atoms with van der Waals surface area (Å²) in [6.07, 6.45) is 10.4. The smallest absolute Gasteiger partial charge is 0.257 e. The zero-order valence-corrected chi connectivity index (χ0v) is 21.1. The van der Waals surface area contributed by atoms with Crippen LogP contribution in [0.15, 0.2) is 71.3 Å². The number of allylic oxidation sites excluding steroid dienone is 2. The molecule has 1 saturated heterocycles. The average Bonchev–Trinajstić information content (AvgIpc) is 3.39. The van der Waals surface area contributed by atoms with Gasteiger partial charge in [0.1, 0.15) is 5.82 Å². The fourth-order valence-electron chi connectivity index (χ4n) is 4.18. The molecule has 2 N–H and O–H groups in total. The van der Waals surface area contributed by atoms with Crippen molar-refractivity contribution in [1.82, 2.24) is 10.3 Å². The summed E-state index contributed by atoms with van der Waals surface area (Å²) in [5.41, 5.74) is 3.47. The zero-order chi connectivity index (χ0) is 23.9. The number of anilines is 2. The van der Waals surface area contributed by atoms with Gasteiger partial charge in [-0.05, 0) is 61.3 Å². The summed E-state index contributed by atoms with van der Waals surface area (Å²) in [6.45, 7) is 10.6. The van der Waals surface area contributed by atoms with Crippen molar-refractivity contribution in [3.8, 4) is 0 Å². The van der Waals surface area contributed by atoms with E-state index in [2.05, 4.69) is 58.1 Å². The van der Waals surface area contributed by atoms with Gasteiger partial charge < -0.3 is 10.2 Å². The van der Waals surface area contributed by atoms with Gasteiger partial charge in [0.2, 0.25) is 0 Å². The van der Waals surface area contributed by atoms with Crippen molar-refractivity contribution >= 4 is 32.2 Å². The largest absolute Gasteiger partial charge is 0.357 e. The molecule has 2 aliphatic rings. The molecule has 2 aliphatic heterocycles. The Balaban J connectivity index is 1.36. The number of carbonyl (C=O) groups excluding carboxylic acids is 1. The second kappa shape index (κ2) is 11.5. The third kappa shape index (κ3) is 6.19. The summed E-state index contributed by atoms with van der Waals surface area (Å²) >= 11 is 0. The summed E-state index contributed by atoms with van der Waals surface area (Å²) in [4.78, 5) is 24.1. The topological polar surface area (TPSA) is 69.6 Å². The minimum atomic E-state index is -0.151. The maximum atomic E-state index is 12.8. The Hall–Kier alpha value is -2.82. The molecular weight excluding hydrogens is 441 g/mol. The van der Waals surface area contributed by atoms with E-state index in [0.717, 1.165) is 54.0 Å². The van der Waals surface area contributed by atoms with Crippen LogP contribution < -0.4 is 15.5 Å². The second-order valence-electron chi connectivity index (χ2n) is 8.82. The SMILES string of the molecule is C=C1PC(NC(C)c2cccc(NC(=O)c3ccc(N4CCCC4)nc3)c2)C=N/C1=C/CCC. The third-order valence-corrected chi connectivity index (χ3v) is 7.37. The van der Waals surface area contributed by atoms with Crippen LogP contribution in [0.25, 0.3) is 0 Å². The van der Waals surface area contributed by atoms with Crippen LogP contribution >= 0.6 is 8.58 Å². The van der Waals surface area contributed by atoms with Crippen LogP contribution in [0.1, 0.15) is 61.5 Å². The van der Waals surface area contributed by atoms with Gasteiger partial charge in [-0.2, -0.15) is 0 Å². The van der Waals surface area contributed by atoms with Crippen LogP contribution in [0.2, 0.25) is 0 Å². The molecule has 1 fully saturated rings. The number of rotatable bonds is 8. The van der Waals surface area contributed by atoms with Crippen LogP contribution in [0.5, 0.6) is 0 Å². The lowest BCUT2D eigenvalue weighted by atomic mass is 10.1. The monoisotopic (exact) mass is 475 g/mol. The normalized spacial score (nSPS) is 20.8. The Morgan fingerprint density at radius 3 is 2.82 bits per heavy atom. The van der Waals surface area contributed by atoms with Crippen molar-refractivity contribution in [2.75, 3.05) is 23.3 Å². The van der Waals surface area contributed by atoms with Gasteiger partial charge in [0.05, 0.1) is 17.0 Å². The Kier molecular flexibility index (Phi) is 8.25. The van der Waals surface area contributed by atoms with Crippen molar-refractivity contribution in [1.29, 1.82) is 0 Å². The number of nitrogens with one attached hydrogen (secondary N) is 2. The van der Waals surface area contributed by atoms with Crippen molar-refractivity contribution in [3.63, 3.8) is 0 Å². The van der Waals surface area contributed by atoms with Crippen LogP contribution in [0, 0.1) is 0 Å². The quantitative estimate of drug-likeness (QED) is 0.469. The highest BCUT2D eigenvalue weighted by molar-refractivity contribution is 7.45. The summed E-state index contributed by atoms with van der Waals surface area (Å²) < 4.78 is 0. The number of benzene rings is 1. The van der Waals surface area contributed by atoms with Gasteiger partial charge in [0.25, 0.3) is 5.91 Å². The number of aromatic nitrogens is 1. The molecule has 178 valence electrons. The summed E-state index contributed by atoms with van der Waals surface area (Å²) in [5, 5.41) is 7.75. The number of unbranched alkanes of at least 4 members (excludes halogenated alkanes) is 1. The molecule has 1 aromatic heterocycles. The van der Waals surface area contributed by atoms with Gasteiger partial charge in [0.15, 0.2) is 0 Å². The maximum absolute atomic E-state index is 12.8. The first-order chi connectivity index (χ1) is 16.5. The number of amides is 1. The maximum Gasteiger partial charge on any atom is 0.257 e. The van der Waals surface area contributed by atoms with E-state index < -0.39 is 0 Å². The molecule has 34 heavy (non-hydrogen) atoms. The van der Waals surface area contributed by atoms with Crippen LogP contribution in [0.4, 0.5) is 11.5 Å². The molecule has 0 radical (unpaired) electrons. The molecule has 4 rings (SSSR count). The van der Waals surface area contributed by atoms with Crippen molar-refractivity contribution in [3.05, 3.63) is 77.4 Å². The van der Waals surface area contributed by atoms with Crippen molar-refractivity contribution in [2.24, 2.45) is 4.99 Å². The Morgan fingerprint density at radius 1 is 1.29 bits per heavy atom. The molecular formula is C27H34N5OP. The van der Waals surface area contributed by atoms with Gasteiger partial charge in [-0.15, -0.1) is 0 Å². The number of pyridine rings is 1. The van der Waals surface area contributed by atoms with E-state index >= 15 is 0 Å². The first kappa shape index (κ1) is 24.3. The highest BCUT2D eigenvalue weighted by Gasteiger charge is 2.19. The molecule has 1 amide bonds. The highest BCUT2D eigenvalue weighted by atomic mass is 31.1. The second-order valence-corrected chi connectivity index (χ2v) is 10.3. The molecule has 0 saturated carbocycles. The standard InChI is InChI=1S/C27H34N5OP/c1-4-5-11-24-20(3)34-26(18-28-24)30-19(2)21-9-8-10-23(16-21)31-27(33)22-12-13-25(29-17-22)32-14-6-7-15-32/h8-13,16-19,26,30,34H,3-7,14-15H2,1-2H3,(H,31,33)/b24-11+. The molecule has 0 spiro atoms. The summed E-state index contributed by atoms with van der Waals surface area (Å²) in [7, 11) is 0.568. The molecule has 3 unspecified atom stereocenters. The van der Waals surface area contributed by atoms with E-state index in [9.17, 15) is 4.79 Å². The zero-order valence-electron chi connectivity index (χ0n) is 20.1. The van der Waals surface area contributed by atoms with Crippen molar-refractivity contribution in [2.45, 2.75) is 51.4 Å². The first-order valence-corrected chi connectivity index (χ1v) is 13.2. The lowest BCUT2D eigenvalue weighted by Crippen LogP contribution is -2.30. The Morgan fingerprint density at radius 2 is 2.12 bits per heavy atom. The molecule has 3 atom stereocenters. The van der Waals surface area contributed by atoms with E-state index in [1.165, 1.54) is 12.8 Å². The number of carbonyl (C=O) groups is 1. The van der Waals surface area contributed by atoms with E-state index in [1.54, 1.807) is 6.20 Å². The van der Waals surface area contributed by atoms with Crippen LogP contribution in [0.3, 0.4) is 0 Å². The first-order valence-electron chi connectivity index (χ1n) is 12.1. The number of hydrogen-bond donors (Lipinski definition) is 2. The molecule has 1 aromatic carbocycles. The predicted molar refractivity (Wildman–Crippen MR) is 144 cm³/mol. The van der Waals surface area contributed by atoms with Gasteiger partial charge in [-0.3, -0.25) is 15.1 Å². The minimum Gasteiger partial charge on any atom is -0.357 e. The number of hydrogen-bond acceptors (Lipinski definition) is 5. The van der Waals surface area contributed by atoms with E-state index in [4.69, 9.17) is 0 Å². The fourth-order valence-corrected chi connectivity index (χ4v) is 5.35. The predicted octanol–water partition coefficient (Wildman–Crippen LogP) is 5.87. The van der Waals surface area contributed by atoms with Gasteiger partial charge in [0, 0.05) is 37.2 Å². The Bertz CT molecular complexity index is 1070. The average molecular weight is 476 g/mol. The minimum absolute atomic E-state index is 0.108. The van der Waals surface area contributed by atoms with E-state index in [0.29, 0.717) is 14.1 Å².